The fourth-order valence-electron chi connectivity index (χ4n) is 3.20. The fourth-order valence-corrected chi connectivity index (χ4v) is 5.06. The van der Waals surface area contributed by atoms with Crippen molar-refractivity contribution in [2.45, 2.75) is 30.3 Å². The van der Waals surface area contributed by atoms with Crippen molar-refractivity contribution in [2.24, 2.45) is 0 Å². The van der Waals surface area contributed by atoms with Crippen LogP contribution in [0.25, 0.3) is 0 Å². The van der Waals surface area contributed by atoms with E-state index in [-0.39, 0.29) is 11.9 Å². The van der Waals surface area contributed by atoms with Crippen LogP contribution in [0.5, 0.6) is 0 Å². The van der Waals surface area contributed by atoms with Crippen LogP contribution in [0.2, 0.25) is 0 Å². The van der Waals surface area contributed by atoms with Gasteiger partial charge in [-0.15, -0.1) is 11.3 Å². The third kappa shape index (κ3) is 5.57. The average Bonchev–Trinajstić information content (AvgIpc) is 3.38. The van der Waals surface area contributed by atoms with Gasteiger partial charge in [0, 0.05) is 30.1 Å². The van der Waals surface area contributed by atoms with Gasteiger partial charge in [-0.05, 0) is 36.0 Å². The Labute approximate surface area is 173 Å². The molecule has 0 bridgehead atoms. The molecule has 1 aromatic heterocycles. The lowest BCUT2D eigenvalue weighted by Gasteiger charge is -2.16. The maximum Gasteiger partial charge on any atom is 0.327 e. The van der Waals surface area contributed by atoms with Crippen LogP contribution in [0, 0.1) is 0 Å². The van der Waals surface area contributed by atoms with Crippen molar-refractivity contribution in [3.63, 3.8) is 0 Å². The van der Waals surface area contributed by atoms with E-state index >= 15 is 0 Å². The van der Waals surface area contributed by atoms with Gasteiger partial charge in [-0.3, -0.25) is 4.79 Å². The summed E-state index contributed by atoms with van der Waals surface area (Å²) in [4.78, 5) is 24.2. The highest BCUT2D eigenvalue weighted by Gasteiger charge is 2.28. The summed E-state index contributed by atoms with van der Waals surface area (Å²) >= 11 is 2.91. The Kier molecular flexibility index (Phi) is 7.50. The summed E-state index contributed by atoms with van der Waals surface area (Å²) < 4.78 is 0. The van der Waals surface area contributed by atoms with Crippen molar-refractivity contribution < 1.29 is 14.7 Å². The van der Waals surface area contributed by atoms with Gasteiger partial charge in [0.05, 0.1) is 4.88 Å². The van der Waals surface area contributed by atoms with Gasteiger partial charge in [0.1, 0.15) is 6.04 Å². The van der Waals surface area contributed by atoms with Gasteiger partial charge in [-0.25, -0.2) is 4.79 Å². The molecule has 28 heavy (non-hydrogen) atoms. The van der Waals surface area contributed by atoms with Gasteiger partial charge in [0.2, 0.25) is 0 Å². The standard InChI is InChI=1S/C20H25N3O3S2/c1-21-10-13-4-6-14(7-5-13)16-9-15(11-22-16)28-12-17(20(25)26)23-19(24)18-3-2-8-27-18/h2-8,15-17,21-22H,9-12H2,1H3,(H,23,24)(H,25,26)/t15-,16-,17?/m0/s1. The number of thiophene rings is 1. The van der Waals surface area contributed by atoms with E-state index in [1.54, 1.807) is 29.3 Å². The first-order valence-electron chi connectivity index (χ1n) is 9.22. The van der Waals surface area contributed by atoms with Gasteiger partial charge in [-0.1, -0.05) is 30.3 Å². The largest absolute Gasteiger partial charge is 0.480 e. The molecule has 2 aromatic rings. The van der Waals surface area contributed by atoms with E-state index in [4.69, 9.17) is 0 Å². The van der Waals surface area contributed by atoms with E-state index in [2.05, 4.69) is 40.2 Å². The predicted molar refractivity (Wildman–Crippen MR) is 114 cm³/mol. The number of amides is 1. The Bertz CT molecular complexity index is 781. The maximum absolute atomic E-state index is 12.1. The molecule has 1 fully saturated rings. The number of hydrogen-bond acceptors (Lipinski definition) is 6. The molecule has 2 heterocycles. The van der Waals surface area contributed by atoms with Gasteiger partial charge >= 0.3 is 5.97 Å². The number of thioether (sulfide) groups is 1. The lowest BCUT2D eigenvalue weighted by Crippen LogP contribution is -2.42. The molecule has 1 aliphatic heterocycles. The molecule has 0 spiro atoms. The zero-order chi connectivity index (χ0) is 19.9. The van der Waals surface area contributed by atoms with Crippen LogP contribution in [0.1, 0.15) is 33.3 Å². The average molecular weight is 420 g/mol. The van der Waals surface area contributed by atoms with Crippen molar-refractivity contribution in [3.05, 3.63) is 57.8 Å². The molecule has 3 rings (SSSR count). The number of carboxylic acid groups (broad SMARTS) is 1. The quantitative estimate of drug-likeness (QED) is 0.499. The summed E-state index contributed by atoms with van der Waals surface area (Å²) in [7, 11) is 1.93. The summed E-state index contributed by atoms with van der Waals surface area (Å²) in [5, 5.41) is 20.9. The summed E-state index contributed by atoms with van der Waals surface area (Å²) in [5.41, 5.74) is 2.50. The first kappa shape index (κ1) is 20.9. The molecule has 0 radical (unpaired) electrons. The van der Waals surface area contributed by atoms with Crippen LogP contribution in [-0.2, 0) is 11.3 Å². The number of benzene rings is 1. The molecule has 1 aromatic carbocycles. The highest BCUT2D eigenvalue weighted by molar-refractivity contribution is 8.00. The van der Waals surface area contributed by atoms with Crippen LogP contribution < -0.4 is 16.0 Å². The van der Waals surface area contributed by atoms with E-state index in [1.165, 1.54) is 22.5 Å². The molecule has 0 saturated carbocycles. The Morgan fingerprint density at radius 2 is 2.11 bits per heavy atom. The molecule has 0 aliphatic carbocycles. The minimum atomic E-state index is -1.000. The Balaban J connectivity index is 1.49. The molecule has 8 heteroatoms. The third-order valence-electron chi connectivity index (χ3n) is 4.70. The van der Waals surface area contributed by atoms with E-state index in [9.17, 15) is 14.7 Å². The Morgan fingerprint density at radius 1 is 1.32 bits per heavy atom. The van der Waals surface area contributed by atoms with Crippen molar-refractivity contribution in [3.8, 4) is 0 Å². The summed E-state index contributed by atoms with van der Waals surface area (Å²) in [5.74, 6) is -0.973. The highest BCUT2D eigenvalue weighted by atomic mass is 32.2. The number of hydrogen-bond donors (Lipinski definition) is 4. The molecule has 1 aliphatic rings. The number of carbonyl (C=O) groups is 2. The van der Waals surface area contributed by atoms with Crippen molar-refractivity contribution in [1.29, 1.82) is 0 Å². The molecule has 3 atom stereocenters. The minimum Gasteiger partial charge on any atom is -0.480 e. The molecule has 150 valence electrons. The Morgan fingerprint density at radius 3 is 2.75 bits per heavy atom. The van der Waals surface area contributed by atoms with Crippen molar-refractivity contribution in [1.82, 2.24) is 16.0 Å². The monoisotopic (exact) mass is 419 g/mol. The highest BCUT2D eigenvalue weighted by Crippen LogP contribution is 2.30. The molecule has 1 unspecified atom stereocenters. The fraction of sp³-hybridized carbons (Fsp3) is 0.400. The summed E-state index contributed by atoms with van der Waals surface area (Å²) in [6.45, 7) is 1.68. The molecular weight excluding hydrogens is 394 g/mol. The number of aliphatic carboxylic acids is 1. The van der Waals surface area contributed by atoms with E-state index in [1.807, 2.05) is 7.05 Å². The predicted octanol–water partition coefficient (Wildman–Crippen LogP) is 2.49. The van der Waals surface area contributed by atoms with E-state index < -0.39 is 12.0 Å². The first-order chi connectivity index (χ1) is 13.6. The zero-order valence-electron chi connectivity index (χ0n) is 15.7. The number of carboxylic acids is 1. The van der Waals surface area contributed by atoms with Gasteiger partial charge in [0.25, 0.3) is 5.91 Å². The van der Waals surface area contributed by atoms with E-state index in [0.29, 0.717) is 15.9 Å². The number of carbonyl (C=O) groups excluding carboxylic acids is 1. The molecular formula is C20H25N3O3S2. The van der Waals surface area contributed by atoms with Crippen LogP contribution in [-0.4, -0.2) is 47.6 Å². The lowest BCUT2D eigenvalue weighted by molar-refractivity contribution is -0.138. The SMILES string of the molecule is CNCc1ccc([C@@H]2C[C@H](SCC(NC(=O)c3cccs3)C(=O)O)CN2)cc1. The van der Waals surface area contributed by atoms with Crippen LogP contribution in [0.3, 0.4) is 0 Å². The lowest BCUT2D eigenvalue weighted by atomic mass is 10.0. The van der Waals surface area contributed by atoms with Gasteiger partial charge in [-0.2, -0.15) is 11.8 Å². The van der Waals surface area contributed by atoms with Crippen LogP contribution in [0.15, 0.2) is 41.8 Å². The second-order valence-corrected chi connectivity index (χ2v) is 9.05. The first-order valence-corrected chi connectivity index (χ1v) is 11.1. The normalized spacial score (nSPS) is 20.0. The number of nitrogens with one attached hydrogen (secondary N) is 3. The number of rotatable bonds is 9. The maximum atomic E-state index is 12.1. The van der Waals surface area contributed by atoms with Crippen molar-refractivity contribution >= 4 is 35.0 Å². The third-order valence-corrected chi connectivity index (χ3v) is 6.93. The van der Waals surface area contributed by atoms with Crippen molar-refractivity contribution in [2.75, 3.05) is 19.3 Å². The zero-order valence-corrected chi connectivity index (χ0v) is 17.3. The topological polar surface area (TPSA) is 90.5 Å². The summed E-state index contributed by atoms with van der Waals surface area (Å²) in [6, 6.07) is 11.4. The smallest absolute Gasteiger partial charge is 0.327 e. The molecule has 1 saturated heterocycles. The van der Waals surface area contributed by atoms with Crippen LogP contribution in [0.4, 0.5) is 0 Å². The molecule has 1 amide bonds. The summed E-state index contributed by atoms with van der Waals surface area (Å²) in [6.07, 6.45) is 0.946. The molecule has 4 N–H and O–H groups in total. The van der Waals surface area contributed by atoms with Gasteiger partial charge in [0.15, 0.2) is 0 Å². The Hall–Kier alpha value is -1.87. The van der Waals surface area contributed by atoms with Gasteiger partial charge < -0.3 is 21.1 Å². The second-order valence-electron chi connectivity index (χ2n) is 6.77. The molecule has 6 nitrogen and oxygen atoms in total. The minimum absolute atomic E-state index is 0.283. The second kappa shape index (κ2) is 10.1. The van der Waals surface area contributed by atoms with E-state index in [0.717, 1.165) is 19.5 Å². The van der Waals surface area contributed by atoms with Crippen LogP contribution >= 0.6 is 23.1 Å².